The van der Waals surface area contributed by atoms with Gasteiger partial charge in [0.15, 0.2) is 6.29 Å². The van der Waals surface area contributed by atoms with Gasteiger partial charge in [-0.3, -0.25) is 4.79 Å². The van der Waals surface area contributed by atoms with Crippen LogP contribution < -0.4 is 5.73 Å². The number of carbonyl (C=O) groups excluding carboxylic acids is 1. The van der Waals surface area contributed by atoms with Gasteiger partial charge < -0.3 is 5.73 Å². The summed E-state index contributed by atoms with van der Waals surface area (Å²) in [5.41, 5.74) is 4.85. The van der Waals surface area contributed by atoms with Crippen molar-refractivity contribution in [1.82, 2.24) is 4.98 Å². The Morgan fingerprint density at radius 2 is 2.17 bits per heavy atom. The van der Waals surface area contributed by atoms with Gasteiger partial charge in [-0.25, -0.2) is 13.8 Å². The Labute approximate surface area is 67.2 Å². The van der Waals surface area contributed by atoms with Crippen molar-refractivity contribution in [2.45, 2.75) is 6.43 Å². The van der Waals surface area contributed by atoms with Crippen molar-refractivity contribution in [3.8, 4) is 0 Å². The summed E-state index contributed by atoms with van der Waals surface area (Å²) in [6.07, 6.45) is -2.20. The first kappa shape index (κ1) is 8.58. The number of rotatable bonds is 2. The van der Waals surface area contributed by atoms with Crippen molar-refractivity contribution in [1.29, 1.82) is 0 Å². The van der Waals surface area contributed by atoms with Crippen LogP contribution in [0.5, 0.6) is 0 Å². The molecule has 1 aromatic heterocycles. The molecule has 0 aliphatic carbocycles. The number of hydrogen-bond acceptors (Lipinski definition) is 3. The van der Waals surface area contributed by atoms with Crippen LogP contribution in [0.1, 0.15) is 22.5 Å². The van der Waals surface area contributed by atoms with Gasteiger partial charge >= 0.3 is 0 Å². The number of aldehydes is 1. The number of nitrogens with zero attached hydrogens (tertiary/aromatic N) is 1. The molecule has 0 radical (unpaired) electrons. The fraction of sp³-hybridized carbons (Fsp3) is 0.143. The predicted octanol–water partition coefficient (Wildman–Crippen LogP) is 1.41. The van der Waals surface area contributed by atoms with Crippen LogP contribution in [0.4, 0.5) is 14.6 Å². The van der Waals surface area contributed by atoms with Crippen LogP contribution in [-0.4, -0.2) is 11.3 Å². The second-order valence-electron chi connectivity index (χ2n) is 2.13. The number of hydrogen-bond donors (Lipinski definition) is 1. The highest BCUT2D eigenvalue weighted by Gasteiger charge is 2.11. The summed E-state index contributed by atoms with van der Waals surface area (Å²) in [7, 11) is 0. The van der Waals surface area contributed by atoms with Gasteiger partial charge in [0.1, 0.15) is 11.5 Å². The minimum Gasteiger partial charge on any atom is -0.383 e. The summed E-state index contributed by atoms with van der Waals surface area (Å²) in [5.74, 6) is -0.297. The van der Waals surface area contributed by atoms with Crippen molar-refractivity contribution in [3.05, 3.63) is 23.4 Å². The molecule has 3 nitrogen and oxygen atoms in total. The molecule has 0 fully saturated rings. The van der Waals surface area contributed by atoms with E-state index < -0.39 is 6.43 Å². The Kier molecular flexibility index (Phi) is 2.32. The van der Waals surface area contributed by atoms with E-state index in [1.165, 1.54) is 6.07 Å². The summed E-state index contributed by atoms with van der Waals surface area (Å²) >= 11 is 0. The maximum Gasteiger partial charge on any atom is 0.267 e. The molecular formula is C7H6F2N2O. The normalized spacial score (nSPS) is 10.2. The number of carbonyl (C=O) groups is 1. The molecule has 0 aromatic carbocycles. The van der Waals surface area contributed by atoms with Crippen LogP contribution in [0.3, 0.4) is 0 Å². The van der Waals surface area contributed by atoms with Gasteiger partial charge in [0.25, 0.3) is 6.43 Å². The molecule has 64 valence electrons. The van der Waals surface area contributed by atoms with E-state index in [1.54, 1.807) is 0 Å². The van der Waals surface area contributed by atoms with Crippen LogP contribution >= 0.6 is 0 Å². The quantitative estimate of drug-likeness (QED) is 0.686. The average Bonchev–Trinajstić information content (AvgIpc) is 2.03. The van der Waals surface area contributed by atoms with E-state index in [0.717, 1.165) is 6.07 Å². The zero-order valence-electron chi connectivity index (χ0n) is 6.00. The lowest BCUT2D eigenvalue weighted by atomic mass is 10.2. The number of pyridine rings is 1. The smallest absolute Gasteiger partial charge is 0.267 e. The SMILES string of the molecule is Nc1nc(C=O)ccc1C(F)F. The van der Waals surface area contributed by atoms with E-state index in [1.807, 2.05) is 0 Å². The average molecular weight is 172 g/mol. The summed E-state index contributed by atoms with van der Waals surface area (Å²) in [6, 6.07) is 2.29. The molecule has 0 saturated heterocycles. The molecule has 0 unspecified atom stereocenters. The first-order valence-corrected chi connectivity index (χ1v) is 3.15. The van der Waals surface area contributed by atoms with Gasteiger partial charge in [0.05, 0.1) is 5.56 Å². The van der Waals surface area contributed by atoms with E-state index >= 15 is 0 Å². The van der Waals surface area contributed by atoms with E-state index in [9.17, 15) is 13.6 Å². The highest BCUT2D eigenvalue weighted by atomic mass is 19.3. The lowest BCUT2D eigenvalue weighted by Crippen LogP contribution is -2.00. The largest absolute Gasteiger partial charge is 0.383 e. The lowest BCUT2D eigenvalue weighted by molar-refractivity contribution is 0.111. The molecule has 1 aromatic rings. The summed E-state index contributed by atoms with van der Waals surface area (Å²) < 4.78 is 24.1. The van der Waals surface area contributed by atoms with Gasteiger partial charge in [-0.05, 0) is 12.1 Å². The van der Waals surface area contributed by atoms with Crippen LogP contribution in [0.15, 0.2) is 12.1 Å². The van der Waals surface area contributed by atoms with Gasteiger partial charge in [-0.15, -0.1) is 0 Å². The zero-order chi connectivity index (χ0) is 9.14. The summed E-state index contributed by atoms with van der Waals surface area (Å²) in [6.45, 7) is 0. The number of alkyl halides is 2. The maximum atomic E-state index is 12.1. The standard InChI is InChI=1S/C7H6F2N2O/c8-6(9)5-2-1-4(3-12)11-7(5)10/h1-3,6H,(H2,10,11). The molecule has 0 bridgehead atoms. The Bertz CT molecular complexity index is 301. The van der Waals surface area contributed by atoms with Crippen LogP contribution in [0.25, 0.3) is 0 Å². The fourth-order valence-electron chi connectivity index (χ4n) is 0.752. The summed E-state index contributed by atoms with van der Waals surface area (Å²) in [4.78, 5) is 13.6. The van der Waals surface area contributed by atoms with Crippen molar-refractivity contribution in [2.24, 2.45) is 0 Å². The minimum absolute atomic E-state index is 0.0527. The van der Waals surface area contributed by atoms with E-state index in [2.05, 4.69) is 4.98 Å². The molecule has 12 heavy (non-hydrogen) atoms. The van der Waals surface area contributed by atoms with Crippen molar-refractivity contribution >= 4 is 12.1 Å². The van der Waals surface area contributed by atoms with Crippen molar-refractivity contribution in [3.63, 3.8) is 0 Å². The topological polar surface area (TPSA) is 56.0 Å². The molecule has 0 atom stereocenters. The second-order valence-corrected chi connectivity index (χ2v) is 2.13. The molecule has 0 amide bonds. The molecule has 0 spiro atoms. The number of halogens is 2. The number of aromatic nitrogens is 1. The monoisotopic (exact) mass is 172 g/mol. The molecule has 1 heterocycles. The van der Waals surface area contributed by atoms with Gasteiger partial charge in [0.2, 0.25) is 0 Å². The Morgan fingerprint density at radius 3 is 2.58 bits per heavy atom. The first-order valence-electron chi connectivity index (χ1n) is 3.15. The van der Waals surface area contributed by atoms with E-state index in [-0.39, 0.29) is 17.1 Å². The fourth-order valence-corrected chi connectivity index (χ4v) is 0.752. The van der Waals surface area contributed by atoms with Crippen LogP contribution in [0, 0.1) is 0 Å². The second kappa shape index (κ2) is 3.25. The Morgan fingerprint density at radius 1 is 1.50 bits per heavy atom. The van der Waals surface area contributed by atoms with E-state index in [0.29, 0.717) is 6.29 Å². The Hall–Kier alpha value is -1.52. The van der Waals surface area contributed by atoms with E-state index in [4.69, 9.17) is 5.73 Å². The van der Waals surface area contributed by atoms with Gasteiger partial charge in [-0.2, -0.15) is 0 Å². The lowest BCUT2D eigenvalue weighted by Gasteiger charge is -2.02. The van der Waals surface area contributed by atoms with Crippen molar-refractivity contribution < 1.29 is 13.6 Å². The highest BCUT2D eigenvalue weighted by Crippen LogP contribution is 2.22. The molecule has 5 heteroatoms. The third-order valence-electron chi connectivity index (χ3n) is 1.33. The van der Waals surface area contributed by atoms with Crippen LogP contribution in [-0.2, 0) is 0 Å². The van der Waals surface area contributed by atoms with Gasteiger partial charge in [0, 0.05) is 0 Å². The number of nitrogens with two attached hydrogens (primary N) is 1. The molecule has 0 saturated carbocycles. The minimum atomic E-state index is -2.65. The summed E-state index contributed by atoms with van der Waals surface area (Å²) in [5, 5.41) is 0. The molecule has 1 rings (SSSR count). The third-order valence-corrected chi connectivity index (χ3v) is 1.33. The molecule has 2 N–H and O–H groups in total. The van der Waals surface area contributed by atoms with Crippen molar-refractivity contribution in [2.75, 3.05) is 5.73 Å². The van der Waals surface area contributed by atoms with Crippen LogP contribution in [0.2, 0.25) is 0 Å². The maximum absolute atomic E-state index is 12.1. The first-order chi connectivity index (χ1) is 5.65. The number of nitrogen functional groups attached to an aromatic ring is 1. The third kappa shape index (κ3) is 1.55. The molecule has 0 aliphatic rings. The molecule has 0 aliphatic heterocycles. The Balaban J connectivity index is 3.11. The van der Waals surface area contributed by atoms with Gasteiger partial charge in [-0.1, -0.05) is 0 Å². The molecular weight excluding hydrogens is 166 g/mol. The number of anilines is 1. The predicted molar refractivity (Wildman–Crippen MR) is 39.0 cm³/mol. The highest BCUT2D eigenvalue weighted by molar-refractivity contribution is 5.72. The zero-order valence-corrected chi connectivity index (χ0v) is 6.00.